The monoisotopic (exact) mass is 375 g/mol. The van der Waals surface area contributed by atoms with Crippen LogP contribution in [0.15, 0.2) is 31.8 Å². The van der Waals surface area contributed by atoms with Crippen LogP contribution in [0.5, 0.6) is 0 Å². The second kappa shape index (κ2) is 7.82. The Morgan fingerprint density at radius 3 is 2.81 bits per heavy atom. The van der Waals surface area contributed by atoms with E-state index in [-0.39, 0.29) is 17.7 Å². The Balaban J connectivity index is 2.14. The molecular formula is C20H25NO4S. The highest BCUT2D eigenvalue weighted by molar-refractivity contribution is 7.99. The van der Waals surface area contributed by atoms with Crippen molar-refractivity contribution in [1.29, 1.82) is 0 Å². The van der Waals surface area contributed by atoms with Gasteiger partial charge in [0.25, 0.3) is 0 Å². The van der Waals surface area contributed by atoms with E-state index in [0.717, 1.165) is 40.7 Å². The third-order valence-corrected chi connectivity index (χ3v) is 5.70. The summed E-state index contributed by atoms with van der Waals surface area (Å²) in [6, 6.07) is 1.98. The highest BCUT2D eigenvalue weighted by Crippen LogP contribution is 2.45. The van der Waals surface area contributed by atoms with Crippen LogP contribution < -0.4 is 0 Å². The molecule has 3 rings (SSSR count). The van der Waals surface area contributed by atoms with Crippen LogP contribution in [-0.2, 0) is 14.3 Å². The predicted molar refractivity (Wildman–Crippen MR) is 102 cm³/mol. The van der Waals surface area contributed by atoms with Crippen molar-refractivity contribution in [1.82, 2.24) is 0 Å². The molecule has 1 aromatic heterocycles. The summed E-state index contributed by atoms with van der Waals surface area (Å²) in [5.74, 6) is 0.461. The summed E-state index contributed by atoms with van der Waals surface area (Å²) in [5.41, 5.74) is 3.12. The first-order valence-corrected chi connectivity index (χ1v) is 10.2. The van der Waals surface area contributed by atoms with E-state index in [1.54, 1.807) is 18.7 Å². The van der Waals surface area contributed by atoms with Gasteiger partial charge in [0.15, 0.2) is 10.9 Å². The fourth-order valence-corrected chi connectivity index (χ4v) is 4.55. The van der Waals surface area contributed by atoms with Gasteiger partial charge in [0.05, 0.1) is 6.61 Å². The Bertz CT molecular complexity index is 790. The molecule has 26 heavy (non-hydrogen) atoms. The number of nitrogens with zero attached hydrogens (tertiary/aromatic N) is 1. The van der Waals surface area contributed by atoms with Gasteiger partial charge in [0, 0.05) is 34.9 Å². The molecule has 1 aliphatic heterocycles. The standard InChI is InChI=1S/C20H25NO4S/c1-5-24-20(23)17-11(3)21-14-8-7-9-15(22)19(14)18(17)13-10-16(26-6-2)25-12(13)4/h10,17-18H,5-9H2,1-4H3/t17?,18-/m0/s1. The van der Waals surface area contributed by atoms with Crippen LogP contribution in [0, 0.1) is 12.8 Å². The molecule has 0 amide bonds. The maximum atomic E-state index is 12.8. The van der Waals surface area contributed by atoms with Crippen molar-refractivity contribution in [3.05, 3.63) is 28.7 Å². The topological polar surface area (TPSA) is 68.9 Å². The Kier molecular flexibility index (Phi) is 5.70. The average molecular weight is 375 g/mol. The van der Waals surface area contributed by atoms with E-state index in [9.17, 15) is 9.59 Å². The van der Waals surface area contributed by atoms with E-state index in [4.69, 9.17) is 9.15 Å². The van der Waals surface area contributed by atoms with Crippen molar-refractivity contribution in [3.8, 4) is 0 Å². The predicted octanol–water partition coefficient (Wildman–Crippen LogP) is 4.44. The van der Waals surface area contributed by atoms with Crippen LogP contribution in [-0.4, -0.2) is 29.8 Å². The molecule has 140 valence electrons. The molecule has 0 bridgehead atoms. The van der Waals surface area contributed by atoms with Gasteiger partial charge >= 0.3 is 5.97 Å². The number of hydrogen-bond acceptors (Lipinski definition) is 6. The number of ether oxygens (including phenoxy) is 1. The Morgan fingerprint density at radius 2 is 2.12 bits per heavy atom. The highest BCUT2D eigenvalue weighted by Gasteiger charge is 2.44. The van der Waals surface area contributed by atoms with Crippen molar-refractivity contribution in [2.75, 3.05) is 12.4 Å². The molecule has 0 saturated heterocycles. The van der Waals surface area contributed by atoms with E-state index in [1.807, 2.05) is 19.9 Å². The second-order valence-corrected chi connectivity index (χ2v) is 7.88. The highest BCUT2D eigenvalue weighted by atomic mass is 32.2. The van der Waals surface area contributed by atoms with Gasteiger partial charge < -0.3 is 9.15 Å². The Morgan fingerprint density at radius 1 is 1.35 bits per heavy atom. The quantitative estimate of drug-likeness (QED) is 0.562. The van der Waals surface area contributed by atoms with Crippen molar-refractivity contribution >= 4 is 29.2 Å². The van der Waals surface area contributed by atoms with Gasteiger partial charge in [-0.05, 0) is 45.4 Å². The maximum Gasteiger partial charge on any atom is 0.315 e. The van der Waals surface area contributed by atoms with Crippen LogP contribution in [0.4, 0.5) is 0 Å². The number of esters is 1. The number of ketones is 1. The van der Waals surface area contributed by atoms with Gasteiger partial charge in [0.2, 0.25) is 0 Å². The molecular weight excluding hydrogens is 350 g/mol. The lowest BCUT2D eigenvalue weighted by molar-refractivity contribution is -0.146. The van der Waals surface area contributed by atoms with E-state index >= 15 is 0 Å². The van der Waals surface area contributed by atoms with Crippen molar-refractivity contribution in [3.63, 3.8) is 0 Å². The number of aliphatic imine (C=N–C) groups is 1. The van der Waals surface area contributed by atoms with Gasteiger partial charge in [-0.3, -0.25) is 14.6 Å². The fourth-order valence-electron chi connectivity index (χ4n) is 3.87. The second-order valence-electron chi connectivity index (χ2n) is 6.61. The number of furan rings is 1. The smallest absolute Gasteiger partial charge is 0.315 e. The number of aryl methyl sites for hydroxylation is 1. The summed E-state index contributed by atoms with van der Waals surface area (Å²) < 4.78 is 11.2. The number of thioether (sulfide) groups is 1. The molecule has 0 fully saturated rings. The minimum atomic E-state index is -0.577. The van der Waals surface area contributed by atoms with Gasteiger partial charge in [-0.15, -0.1) is 0 Å². The van der Waals surface area contributed by atoms with Crippen LogP contribution in [0.2, 0.25) is 0 Å². The summed E-state index contributed by atoms with van der Waals surface area (Å²) >= 11 is 1.61. The van der Waals surface area contributed by atoms with Crippen LogP contribution in [0.25, 0.3) is 0 Å². The number of hydrogen-bond donors (Lipinski definition) is 0. The first-order valence-electron chi connectivity index (χ1n) is 9.19. The molecule has 2 aliphatic rings. The summed E-state index contributed by atoms with van der Waals surface area (Å²) in [5, 5.41) is 0.813. The zero-order valence-corrected chi connectivity index (χ0v) is 16.6. The number of allylic oxidation sites excluding steroid dienone is 2. The van der Waals surface area contributed by atoms with E-state index in [2.05, 4.69) is 11.9 Å². The molecule has 0 saturated carbocycles. The van der Waals surface area contributed by atoms with Gasteiger partial charge in [0.1, 0.15) is 11.7 Å². The van der Waals surface area contributed by atoms with Crippen molar-refractivity contribution in [2.45, 2.75) is 58.0 Å². The molecule has 1 aromatic rings. The number of Topliss-reactive ketones (excluding diaryl/α,β-unsaturated/α-hetero) is 1. The molecule has 1 aliphatic carbocycles. The molecule has 2 atom stereocenters. The summed E-state index contributed by atoms with van der Waals surface area (Å²) in [4.78, 5) is 30.1. The van der Waals surface area contributed by atoms with Crippen LogP contribution in [0.1, 0.15) is 57.3 Å². The number of rotatable bonds is 5. The lowest BCUT2D eigenvalue weighted by Crippen LogP contribution is -2.37. The molecule has 1 unspecified atom stereocenters. The average Bonchev–Trinajstić information content (AvgIpc) is 2.94. The molecule has 6 heteroatoms. The van der Waals surface area contributed by atoms with Gasteiger partial charge in [-0.25, -0.2) is 0 Å². The van der Waals surface area contributed by atoms with E-state index in [1.165, 1.54) is 0 Å². The first-order chi connectivity index (χ1) is 12.5. The third kappa shape index (κ3) is 3.39. The number of carbonyl (C=O) groups excluding carboxylic acids is 2. The lowest BCUT2D eigenvalue weighted by Gasteiger charge is -2.34. The SMILES string of the molecule is CCOC(=O)C1C(C)=NC2=C(C(=O)CCC2)[C@H]1c1cc(SCC)oc1C. The molecule has 2 heterocycles. The van der Waals surface area contributed by atoms with Gasteiger partial charge in [-0.1, -0.05) is 18.7 Å². The van der Waals surface area contributed by atoms with Crippen molar-refractivity contribution < 1.29 is 18.7 Å². The zero-order valence-electron chi connectivity index (χ0n) is 15.8. The first kappa shape index (κ1) is 19.0. The normalized spacial score (nSPS) is 22.9. The largest absolute Gasteiger partial charge is 0.465 e. The fraction of sp³-hybridized carbons (Fsp3) is 0.550. The summed E-state index contributed by atoms with van der Waals surface area (Å²) in [6.45, 7) is 7.90. The van der Waals surface area contributed by atoms with E-state index < -0.39 is 5.92 Å². The third-order valence-electron chi connectivity index (χ3n) is 4.93. The van der Waals surface area contributed by atoms with Gasteiger partial charge in [-0.2, -0.15) is 0 Å². The summed E-state index contributed by atoms with van der Waals surface area (Å²) in [7, 11) is 0. The zero-order chi connectivity index (χ0) is 18.8. The molecule has 5 nitrogen and oxygen atoms in total. The van der Waals surface area contributed by atoms with Crippen molar-refractivity contribution in [2.24, 2.45) is 10.9 Å². The minimum absolute atomic E-state index is 0.0899. The lowest BCUT2D eigenvalue weighted by atomic mass is 9.72. The van der Waals surface area contributed by atoms with Crippen LogP contribution in [0.3, 0.4) is 0 Å². The Labute approximate surface area is 158 Å². The minimum Gasteiger partial charge on any atom is -0.465 e. The molecule has 0 spiro atoms. The molecule has 0 aromatic carbocycles. The molecule has 0 N–H and O–H groups in total. The number of carbonyl (C=O) groups is 2. The maximum absolute atomic E-state index is 12.8. The van der Waals surface area contributed by atoms with Crippen LogP contribution >= 0.6 is 11.8 Å². The van der Waals surface area contributed by atoms with E-state index in [0.29, 0.717) is 24.3 Å². The molecule has 0 radical (unpaired) electrons. The summed E-state index contributed by atoms with van der Waals surface area (Å²) in [6.07, 6.45) is 2.09. The Hall–Kier alpha value is -1.82.